The van der Waals surface area contributed by atoms with E-state index in [1.54, 1.807) is 6.08 Å². The monoisotopic (exact) mass is 1320 g/mol. The van der Waals surface area contributed by atoms with Crippen molar-refractivity contribution in [2.45, 2.75) is 324 Å². The molecule has 0 aliphatic carbocycles. The van der Waals surface area contributed by atoms with E-state index in [-0.39, 0.29) is 12.3 Å². The Morgan fingerprint density at radius 3 is 1.20 bits per heavy atom. The maximum atomic E-state index is 13.4. The zero-order valence-corrected chi connectivity index (χ0v) is 56.4. The number of rotatable bonds is 53. The van der Waals surface area contributed by atoms with E-state index in [9.17, 15) is 61.0 Å². The van der Waals surface area contributed by atoms with Gasteiger partial charge in [-0.1, -0.05) is 226 Å². The summed E-state index contributed by atoms with van der Waals surface area (Å²) in [5, 5.41) is 121. The number of amides is 1. The van der Waals surface area contributed by atoms with Crippen LogP contribution in [0.25, 0.3) is 0 Å². The molecular formula is C74H125NO18. The van der Waals surface area contributed by atoms with E-state index in [0.29, 0.717) is 12.8 Å². The number of hydrogen-bond donors (Lipinski definition) is 12. The molecule has 1 amide bonds. The van der Waals surface area contributed by atoms with Crippen molar-refractivity contribution in [3.63, 3.8) is 0 Å². The van der Waals surface area contributed by atoms with Crippen molar-refractivity contribution >= 4 is 5.91 Å². The minimum Gasteiger partial charge on any atom is -0.394 e. The number of ether oxygens (including phenoxy) is 6. The van der Waals surface area contributed by atoms with Crippen LogP contribution in [0.15, 0.2) is 109 Å². The van der Waals surface area contributed by atoms with Crippen LogP contribution in [0.2, 0.25) is 0 Å². The first-order valence-corrected chi connectivity index (χ1v) is 35.6. The molecule has 534 valence electrons. The van der Waals surface area contributed by atoms with Gasteiger partial charge in [-0.05, 0) is 96.3 Å². The van der Waals surface area contributed by atoms with Gasteiger partial charge >= 0.3 is 0 Å². The lowest BCUT2D eigenvalue weighted by Crippen LogP contribution is -2.66. The number of unbranched alkanes of at least 4 members (excludes halogenated alkanes) is 21. The number of nitrogens with one attached hydrogen (secondary N) is 1. The van der Waals surface area contributed by atoms with Gasteiger partial charge in [0.2, 0.25) is 5.91 Å². The van der Waals surface area contributed by atoms with Crippen molar-refractivity contribution in [1.82, 2.24) is 5.32 Å². The predicted octanol–water partition coefficient (Wildman–Crippen LogP) is 9.83. The SMILES string of the molecule is CC/C=C\C/C=C\C/C=C\C/C=C\C/C=C\C/C=C\CCCCCCC(=O)NC(COC1OC(CO)C(OC2OC(CO)C(OC3OC(CO)C(O)C(O)C3O)C(O)C2O)C(O)C1O)C(O)/C=C/CC/C=C/CC/C=C/CCCCCCCCCCCCCCCCC. The highest BCUT2D eigenvalue weighted by Gasteiger charge is 2.53. The standard InChI is InChI=1S/C74H125NO18/c1-3-5-7-9-11-13-15-17-19-21-23-25-27-28-30-31-33-35-37-39-41-43-45-47-49-51-58(79)57(75-62(80)52-50-48-46-44-42-40-38-36-34-32-29-26-24-22-20-18-16-14-12-10-8-6-4-2)56-88-72-68(86)65(83)70(60(54-77)90-72)93-74-69(87)66(84)71(61(55-78)91-74)92-73-67(85)64(82)63(81)59(53-76)89-73/h6,8,12,14,18,20,24,26,32-35,38,40-41,43,49,51,57-61,63-74,76-79,81-87H,3-5,7,9-11,13,15-17,19,21-23,25,27-31,36-37,39,42,44-48,50,52-56H2,1-2H3,(H,75,80)/b8-6-,14-12-,20-18-,26-24-,34-32-,35-33+,40-38-,43-41+,51-49+. The van der Waals surface area contributed by atoms with Gasteiger partial charge in [-0.25, -0.2) is 0 Å². The van der Waals surface area contributed by atoms with E-state index >= 15 is 0 Å². The zero-order valence-electron chi connectivity index (χ0n) is 56.4. The third-order valence-corrected chi connectivity index (χ3v) is 17.0. The van der Waals surface area contributed by atoms with Crippen molar-refractivity contribution < 1.29 is 89.4 Å². The van der Waals surface area contributed by atoms with Gasteiger partial charge in [-0.3, -0.25) is 4.79 Å². The Kier molecular flexibility index (Phi) is 49.0. The molecule has 19 nitrogen and oxygen atoms in total. The maximum absolute atomic E-state index is 13.4. The summed E-state index contributed by atoms with van der Waals surface area (Å²) >= 11 is 0. The quantitative estimate of drug-likeness (QED) is 0.0199. The molecule has 12 N–H and O–H groups in total. The minimum atomic E-state index is -1.99. The van der Waals surface area contributed by atoms with Gasteiger partial charge in [0.1, 0.15) is 73.2 Å². The molecule has 0 radical (unpaired) electrons. The fourth-order valence-corrected chi connectivity index (χ4v) is 11.3. The van der Waals surface area contributed by atoms with Crippen LogP contribution in [0.1, 0.15) is 219 Å². The van der Waals surface area contributed by atoms with Crippen LogP contribution in [0.5, 0.6) is 0 Å². The Labute approximate surface area is 557 Å². The molecule has 17 unspecified atom stereocenters. The molecule has 0 aromatic carbocycles. The van der Waals surface area contributed by atoms with Gasteiger partial charge in [0, 0.05) is 6.42 Å². The lowest BCUT2D eigenvalue weighted by Gasteiger charge is -2.48. The molecule has 17 atom stereocenters. The Morgan fingerprint density at radius 2 is 0.753 bits per heavy atom. The smallest absolute Gasteiger partial charge is 0.220 e. The number of allylic oxidation sites excluding steroid dienone is 17. The van der Waals surface area contributed by atoms with Crippen molar-refractivity contribution in [3.8, 4) is 0 Å². The van der Waals surface area contributed by atoms with Gasteiger partial charge in [0.05, 0.1) is 38.6 Å². The molecule has 3 heterocycles. The summed E-state index contributed by atoms with van der Waals surface area (Å²) in [5.74, 6) is -0.318. The summed E-state index contributed by atoms with van der Waals surface area (Å²) in [6.45, 7) is 1.57. The third kappa shape index (κ3) is 36.0. The number of aliphatic hydroxyl groups is 11. The number of aliphatic hydroxyl groups excluding tert-OH is 11. The first-order chi connectivity index (χ1) is 45.3. The summed E-state index contributed by atoms with van der Waals surface area (Å²) in [6, 6.07) is -1.02. The van der Waals surface area contributed by atoms with Crippen LogP contribution in [-0.2, 0) is 33.2 Å². The summed E-state index contributed by atoms with van der Waals surface area (Å²) in [6.07, 6.45) is 46.3. The Bertz CT molecular complexity index is 2110. The lowest BCUT2D eigenvalue weighted by atomic mass is 9.96. The van der Waals surface area contributed by atoms with E-state index in [2.05, 4.69) is 116 Å². The average molecular weight is 1320 g/mol. The summed E-state index contributed by atoms with van der Waals surface area (Å²) in [4.78, 5) is 13.4. The van der Waals surface area contributed by atoms with Crippen LogP contribution >= 0.6 is 0 Å². The van der Waals surface area contributed by atoms with Crippen LogP contribution in [0, 0.1) is 0 Å². The molecule has 3 aliphatic rings. The highest BCUT2D eigenvalue weighted by atomic mass is 16.8. The van der Waals surface area contributed by atoms with Crippen LogP contribution < -0.4 is 5.32 Å². The molecule has 0 aromatic heterocycles. The second kappa shape index (κ2) is 54.5. The fourth-order valence-electron chi connectivity index (χ4n) is 11.3. The molecule has 93 heavy (non-hydrogen) atoms. The number of hydrogen-bond acceptors (Lipinski definition) is 18. The second-order valence-corrected chi connectivity index (χ2v) is 24.9. The van der Waals surface area contributed by atoms with Gasteiger partial charge in [0.25, 0.3) is 0 Å². The molecule has 3 aliphatic heterocycles. The fraction of sp³-hybridized carbons (Fsp3) is 0.743. The molecular weight excluding hydrogens is 1190 g/mol. The van der Waals surface area contributed by atoms with E-state index in [1.807, 2.05) is 6.08 Å². The third-order valence-electron chi connectivity index (χ3n) is 17.0. The molecule has 3 saturated heterocycles. The highest BCUT2D eigenvalue weighted by Crippen LogP contribution is 2.33. The Morgan fingerprint density at radius 1 is 0.398 bits per heavy atom. The largest absolute Gasteiger partial charge is 0.394 e. The summed E-state index contributed by atoms with van der Waals surface area (Å²) in [7, 11) is 0. The predicted molar refractivity (Wildman–Crippen MR) is 364 cm³/mol. The van der Waals surface area contributed by atoms with E-state index in [1.165, 1.54) is 96.3 Å². The van der Waals surface area contributed by atoms with Crippen molar-refractivity contribution in [3.05, 3.63) is 109 Å². The highest BCUT2D eigenvalue weighted by molar-refractivity contribution is 5.76. The van der Waals surface area contributed by atoms with Crippen LogP contribution in [0.3, 0.4) is 0 Å². The first-order valence-electron chi connectivity index (χ1n) is 35.6. The normalized spacial score (nSPS) is 28.2. The van der Waals surface area contributed by atoms with Crippen molar-refractivity contribution in [1.29, 1.82) is 0 Å². The van der Waals surface area contributed by atoms with Crippen LogP contribution in [-0.4, -0.2) is 193 Å². The second-order valence-electron chi connectivity index (χ2n) is 24.9. The molecule has 0 saturated carbocycles. The van der Waals surface area contributed by atoms with Gasteiger partial charge in [-0.2, -0.15) is 0 Å². The molecule has 3 rings (SSSR count). The van der Waals surface area contributed by atoms with E-state index < -0.39 is 131 Å². The van der Waals surface area contributed by atoms with Gasteiger partial charge < -0.3 is 89.9 Å². The summed E-state index contributed by atoms with van der Waals surface area (Å²) < 4.78 is 34.3. The lowest BCUT2D eigenvalue weighted by molar-refractivity contribution is -0.379. The molecule has 0 aromatic rings. The van der Waals surface area contributed by atoms with E-state index in [4.69, 9.17) is 28.4 Å². The minimum absolute atomic E-state index is 0.195. The average Bonchev–Trinajstić information content (AvgIpc) is 0.814. The molecule has 0 bridgehead atoms. The van der Waals surface area contributed by atoms with Gasteiger partial charge in [-0.15, -0.1) is 0 Å². The topological polar surface area (TPSA) is 307 Å². The Balaban J connectivity index is 1.47. The van der Waals surface area contributed by atoms with Crippen molar-refractivity contribution in [2.75, 3.05) is 26.4 Å². The molecule has 3 fully saturated rings. The van der Waals surface area contributed by atoms with Crippen molar-refractivity contribution in [2.24, 2.45) is 0 Å². The molecule has 19 heteroatoms. The number of carbonyl (C=O) groups excluding carboxylic acids is 1. The number of carbonyl (C=O) groups is 1. The Hall–Kier alpha value is -3.55. The maximum Gasteiger partial charge on any atom is 0.220 e. The molecule has 0 spiro atoms. The van der Waals surface area contributed by atoms with E-state index in [0.717, 1.165) is 89.9 Å². The summed E-state index contributed by atoms with van der Waals surface area (Å²) in [5.41, 5.74) is 0. The zero-order chi connectivity index (χ0) is 67.5. The first kappa shape index (κ1) is 83.7. The van der Waals surface area contributed by atoms with Crippen LogP contribution in [0.4, 0.5) is 0 Å². The van der Waals surface area contributed by atoms with Gasteiger partial charge in [0.15, 0.2) is 18.9 Å².